The smallest absolute Gasteiger partial charge is 0.255 e. The fourth-order valence-corrected chi connectivity index (χ4v) is 3.47. The minimum Gasteiger partial charge on any atom is -0.399 e. The molecule has 0 spiro atoms. The average molecular weight is 434 g/mol. The second-order valence-corrected chi connectivity index (χ2v) is 7.01. The first kappa shape index (κ1) is 22.7. The number of benzene rings is 2. The van der Waals surface area contributed by atoms with E-state index in [1.165, 1.54) is 6.42 Å². The van der Waals surface area contributed by atoms with Crippen molar-refractivity contribution in [1.29, 1.82) is 0 Å². The molecule has 3 N–H and O–H groups in total. The first-order valence-electron chi connectivity index (χ1n) is 9.32. The maximum Gasteiger partial charge on any atom is 0.255 e. The Kier molecular flexibility index (Phi) is 7.65. The molecule has 1 aliphatic heterocycles. The fourth-order valence-electron chi connectivity index (χ4n) is 3.47. The summed E-state index contributed by atoms with van der Waals surface area (Å²) < 4.78 is 2.21. The van der Waals surface area contributed by atoms with E-state index < -0.39 is 0 Å². The van der Waals surface area contributed by atoms with E-state index in [-0.39, 0.29) is 30.7 Å². The van der Waals surface area contributed by atoms with Crippen LogP contribution in [0.2, 0.25) is 0 Å². The largest absolute Gasteiger partial charge is 0.399 e. The molecule has 154 valence electrons. The highest BCUT2D eigenvalue weighted by Crippen LogP contribution is 2.27. The van der Waals surface area contributed by atoms with Gasteiger partial charge in [-0.1, -0.05) is 24.6 Å². The number of nitrogens with zero attached hydrogens (tertiary/aromatic N) is 3. The number of aromatic nitrogens is 3. The van der Waals surface area contributed by atoms with Crippen molar-refractivity contribution in [1.82, 2.24) is 14.8 Å². The van der Waals surface area contributed by atoms with Crippen LogP contribution in [0.25, 0.3) is 11.4 Å². The summed E-state index contributed by atoms with van der Waals surface area (Å²) in [6.45, 7) is 2.92. The molecule has 0 saturated heterocycles. The molecule has 0 atom stereocenters. The summed E-state index contributed by atoms with van der Waals surface area (Å²) in [6.07, 6.45) is 4.49. The molecule has 0 bridgehead atoms. The molecule has 2 heterocycles. The van der Waals surface area contributed by atoms with Crippen LogP contribution in [-0.2, 0) is 13.0 Å². The second kappa shape index (κ2) is 9.76. The third-order valence-corrected chi connectivity index (χ3v) is 5.00. The lowest BCUT2D eigenvalue weighted by Gasteiger charge is -2.12. The lowest BCUT2D eigenvalue weighted by molar-refractivity contribution is 0.102. The molecular formula is C21H25Cl2N5O. The van der Waals surface area contributed by atoms with Gasteiger partial charge in [-0.2, -0.15) is 0 Å². The summed E-state index contributed by atoms with van der Waals surface area (Å²) in [5.74, 6) is 1.74. The van der Waals surface area contributed by atoms with Gasteiger partial charge in [0.15, 0.2) is 5.82 Å². The van der Waals surface area contributed by atoms with Crippen LogP contribution >= 0.6 is 24.8 Å². The summed E-state index contributed by atoms with van der Waals surface area (Å²) in [4.78, 5) is 12.6. The summed E-state index contributed by atoms with van der Waals surface area (Å²) in [5, 5.41) is 11.8. The van der Waals surface area contributed by atoms with Crippen LogP contribution in [0.4, 0.5) is 11.4 Å². The number of nitrogens with two attached hydrogens (primary N) is 1. The molecular weight excluding hydrogens is 409 g/mol. The Bertz CT molecular complexity index is 1000. The predicted molar refractivity (Wildman–Crippen MR) is 121 cm³/mol. The Balaban J connectivity index is 0.00000150. The van der Waals surface area contributed by atoms with Gasteiger partial charge in [-0.05, 0) is 49.6 Å². The van der Waals surface area contributed by atoms with Gasteiger partial charge >= 0.3 is 0 Å². The Labute approximate surface area is 182 Å². The number of hydrogen-bond donors (Lipinski definition) is 2. The number of aryl methyl sites for hydroxylation is 2. The van der Waals surface area contributed by atoms with Gasteiger partial charge < -0.3 is 15.6 Å². The molecule has 6 nitrogen and oxygen atoms in total. The van der Waals surface area contributed by atoms with Crippen LogP contribution in [0.1, 0.15) is 41.0 Å². The van der Waals surface area contributed by atoms with E-state index >= 15 is 0 Å². The Morgan fingerprint density at radius 2 is 1.90 bits per heavy atom. The first-order chi connectivity index (χ1) is 13.1. The number of carbonyl (C=O) groups excluding carboxylic acids is 1. The van der Waals surface area contributed by atoms with Crippen molar-refractivity contribution in [2.45, 2.75) is 39.2 Å². The highest BCUT2D eigenvalue weighted by molar-refractivity contribution is 6.05. The van der Waals surface area contributed by atoms with Crippen LogP contribution in [0.15, 0.2) is 42.5 Å². The van der Waals surface area contributed by atoms with Crippen molar-refractivity contribution in [2.75, 3.05) is 11.1 Å². The number of anilines is 2. The lowest BCUT2D eigenvalue weighted by Crippen LogP contribution is -2.13. The van der Waals surface area contributed by atoms with E-state index in [0.29, 0.717) is 11.3 Å². The molecule has 1 aliphatic rings. The number of hydrogen-bond acceptors (Lipinski definition) is 4. The zero-order valence-corrected chi connectivity index (χ0v) is 17.9. The zero-order chi connectivity index (χ0) is 18.8. The molecule has 0 unspecified atom stereocenters. The van der Waals surface area contributed by atoms with E-state index in [1.54, 1.807) is 24.3 Å². The quantitative estimate of drug-likeness (QED) is 0.588. The second-order valence-electron chi connectivity index (χ2n) is 7.01. The highest BCUT2D eigenvalue weighted by atomic mass is 35.5. The molecule has 0 aliphatic carbocycles. The van der Waals surface area contributed by atoms with Crippen molar-refractivity contribution in [2.24, 2.45) is 0 Å². The van der Waals surface area contributed by atoms with Crippen LogP contribution in [0.3, 0.4) is 0 Å². The topological polar surface area (TPSA) is 85.8 Å². The molecule has 0 saturated carbocycles. The van der Waals surface area contributed by atoms with Crippen molar-refractivity contribution >= 4 is 42.1 Å². The minimum atomic E-state index is -0.178. The number of nitrogens with one attached hydrogen (secondary N) is 1. The van der Waals surface area contributed by atoms with Gasteiger partial charge in [-0.15, -0.1) is 35.0 Å². The number of rotatable bonds is 3. The van der Waals surface area contributed by atoms with E-state index in [9.17, 15) is 4.79 Å². The zero-order valence-electron chi connectivity index (χ0n) is 16.2. The third-order valence-electron chi connectivity index (χ3n) is 5.00. The van der Waals surface area contributed by atoms with E-state index in [4.69, 9.17) is 5.73 Å². The maximum atomic E-state index is 12.6. The van der Waals surface area contributed by atoms with Crippen molar-refractivity contribution in [3.63, 3.8) is 0 Å². The maximum absolute atomic E-state index is 12.6. The number of halogens is 2. The van der Waals surface area contributed by atoms with E-state index in [1.807, 2.05) is 25.1 Å². The van der Waals surface area contributed by atoms with Gasteiger partial charge in [0.25, 0.3) is 5.91 Å². The Morgan fingerprint density at radius 3 is 2.69 bits per heavy atom. The molecule has 1 amide bonds. The Morgan fingerprint density at radius 1 is 1.07 bits per heavy atom. The van der Waals surface area contributed by atoms with Crippen LogP contribution in [0, 0.1) is 6.92 Å². The van der Waals surface area contributed by atoms with Crippen LogP contribution in [0.5, 0.6) is 0 Å². The van der Waals surface area contributed by atoms with Crippen molar-refractivity contribution < 1.29 is 4.79 Å². The molecule has 0 radical (unpaired) electrons. The molecule has 29 heavy (non-hydrogen) atoms. The number of fused-ring (bicyclic) bond motifs is 1. The minimum absolute atomic E-state index is 0. The first-order valence-corrected chi connectivity index (χ1v) is 9.32. The molecule has 8 heteroatoms. The van der Waals surface area contributed by atoms with Gasteiger partial charge in [-0.25, -0.2) is 0 Å². The fraction of sp³-hybridized carbons (Fsp3) is 0.286. The van der Waals surface area contributed by atoms with E-state index in [2.05, 4.69) is 20.1 Å². The third kappa shape index (κ3) is 4.89. The number of nitrogen functional groups attached to an aromatic ring is 1. The molecule has 4 rings (SSSR count). The summed E-state index contributed by atoms with van der Waals surface area (Å²) in [5.41, 5.74) is 9.62. The number of amides is 1. The highest BCUT2D eigenvalue weighted by Gasteiger charge is 2.17. The van der Waals surface area contributed by atoms with Crippen molar-refractivity contribution in [3.8, 4) is 11.4 Å². The van der Waals surface area contributed by atoms with Crippen LogP contribution < -0.4 is 11.1 Å². The van der Waals surface area contributed by atoms with Gasteiger partial charge in [-0.3, -0.25) is 4.79 Å². The summed E-state index contributed by atoms with van der Waals surface area (Å²) in [6, 6.07) is 13.0. The molecule has 1 aromatic heterocycles. The van der Waals surface area contributed by atoms with Gasteiger partial charge in [0.05, 0.1) is 0 Å². The van der Waals surface area contributed by atoms with Gasteiger partial charge in [0.1, 0.15) is 5.82 Å². The SMILES string of the molecule is Cc1ccc(-c2nnc3n2CCCCC3)cc1NC(=O)c1cccc(N)c1.Cl.Cl. The van der Waals surface area contributed by atoms with Crippen molar-refractivity contribution in [3.05, 3.63) is 59.4 Å². The predicted octanol–water partition coefficient (Wildman–Crippen LogP) is 4.66. The Hall–Kier alpha value is -2.57. The lowest BCUT2D eigenvalue weighted by atomic mass is 10.1. The normalized spacial score (nSPS) is 12.7. The van der Waals surface area contributed by atoms with Gasteiger partial charge in [0.2, 0.25) is 0 Å². The van der Waals surface area contributed by atoms with Crippen LogP contribution in [-0.4, -0.2) is 20.7 Å². The standard InChI is InChI=1S/C21H23N5O.2ClH/c1-14-9-10-15(20-25-24-19-8-3-2-4-11-26(19)20)13-18(14)23-21(27)16-6-5-7-17(22)12-16;;/h5-7,9-10,12-13H,2-4,8,11,22H2,1H3,(H,23,27);2*1H. The van der Waals surface area contributed by atoms with Gasteiger partial charge in [0, 0.05) is 35.5 Å². The molecule has 3 aromatic rings. The summed E-state index contributed by atoms with van der Waals surface area (Å²) >= 11 is 0. The molecule has 0 fully saturated rings. The average Bonchev–Trinajstić information content (AvgIpc) is 2.91. The summed E-state index contributed by atoms with van der Waals surface area (Å²) in [7, 11) is 0. The number of carbonyl (C=O) groups is 1. The van der Waals surface area contributed by atoms with E-state index in [0.717, 1.165) is 54.3 Å². The monoisotopic (exact) mass is 433 g/mol. The molecule has 2 aromatic carbocycles.